The van der Waals surface area contributed by atoms with Crippen LogP contribution in [-0.4, -0.2) is 4.98 Å². The van der Waals surface area contributed by atoms with Crippen LogP contribution in [0.3, 0.4) is 0 Å². The summed E-state index contributed by atoms with van der Waals surface area (Å²) in [6, 6.07) is 12.7. The van der Waals surface area contributed by atoms with Crippen LogP contribution in [0.15, 0.2) is 70.5 Å². The lowest BCUT2D eigenvalue weighted by molar-refractivity contribution is 1.37. The molecule has 0 atom stereocenters. The second-order valence-electron chi connectivity index (χ2n) is 3.73. The van der Waals surface area contributed by atoms with Gasteiger partial charge in [0.05, 0.1) is 0 Å². The van der Waals surface area contributed by atoms with Crippen LogP contribution in [0.2, 0.25) is 0 Å². The van der Waals surface area contributed by atoms with Crippen LogP contribution in [0.25, 0.3) is 11.3 Å². The van der Waals surface area contributed by atoms with E-state index in [0.717, 1.165) is 0 Å². The molecule has 1 aromatic carbocycles. The van der Waals surface area contributed by atoms with Crippen LogP contribution in [0.1, 0.15) is 0 Å². The van der Waals surface area contributed by atoms with Crippen molar-refractivity contribution in [3.63, 3.8) is 0 Å². The average Bonchev–Trinajstić information content (AvgIpc) is 3.01. The van der Waals surface area contributed by atoms with Gasteiger partial charge in [-0.1, -0.05) is 42.5 Å². The Morgan fingerprint density at radius 1 is 0.938 bits per heavy atom. The standard InChI is InChI=1S/C14H13NS/c1-2-6-12(7-3-1)14-10-13(11-15-14)16-8-4-5-9-16/h1-11,15-16H. The van der Waals surface area contributed by atoms with Crippen molar-refractivity contribution in [1.29, 1.82) is 0 Å². The number of rotatable bonds is 2. The SMILES string of the molecule is C1=C[SH](c2c[nH]c(-c3ccccc3)c2)C=C1. The number of aromatic amines is 1. The number of nitrogens with one attached hydrogen (secondary N) is 1. The monoisotopic (exact) mass is 227 g/mol. The van der Waals surface area contributed by atoms with E-state index in [1.165, 1.54) is 16.2 Å². The van der Waals surface area contributed by atoms with E-state index in [1.807, 2.05) is 6.07 Å². The Labute approximate surface area is 97.9 Å². The van der Waals surface area contributed by atoms with E-state index in [-0.39, 0.29) is 10.9 Å². The molecule has 1 aromatic heterocycles. The Hall–Kier alpha value is -1.67. The van der Waals surface area contributed by atoms with Crippen LogP contribution >= 0.6 is 10.9 Å². The molecule has 0 saturated heterocycles. The first-order chi connectivity index (χ1) is 7.93. The molecule has 2 heteroatoms. The molecule has 0 aliphatic carbocycles. The van der Waals surface area contributed by atoms with Crippen LogP contribution in [-0.2, 0) is 0 Å². The molecule has 0 fully saturated rings. The Morgan fingerprint density at radius 3 is 2.44 bits per heavy atom. The Balaban J connectivity index is 1.94. The van der Waals surface area contributed by atoms with E-state index < -0.39 is 0 Å². The Kier molecular flexibility index (Phi) is 2.43. The average molecular weight is 227 g/mol. The lowest BCUT2D eigenvalue weighted by Crippen LogP contribution is -1.73. The highest BCUT2D eigenvalue weighted by Gasteiger charge is 2.06. The topological polar surface area (TPSA) is 15.8 Å². The van der Waals surface area contributed by atoms with Crippen molar-refractivity contribution in [2.45, 2.75) is 4.90 Å². The quantitative estimate of drug-likeness (QED) is 0.719. The van der Waals surface area contributed by atoms with Gasteiger partial charge in [-0.25, -0.2) is 0 Å². The predicted molar refractivity (Wildman–Crippen MR) is 71.8 cm³/mol. The second kappa shape index (κ2) is 4.06. The van der Waals surface area contributed by atoms with Gasteiger partial charge in [0.1, 0.15) is 0 Å². The minimum Gasteiger partial charge on any atom is -0.360 e. The molecule has 3 rings (SSSR count). The van der Waals surface area contributed by atoms with Crippen LogP contribution in [0.5, 0.6) is 0 Å². The number of hydrogen-bond acceptors (Lipinski definition) is 0. The molecule has 1 N–H and O–H groups in total. The van der Waals surface area contributed by atoms with E-state index in [0.29, 0.717) is 0 Å². The summed E-state index contributed by atoms with van der Waals surface area (Å²) < 4.78 is 0. The molecule has 0 saturated carbocycles. The van der Waals surface area contributed by atoms with Crippen molar-refractivity contribution in [3.05, 3.63) is 65.6 Å². The van der Waals surface area contributed by atoms with Gasteiger partial charge in [-0.2, -0.15) is 10.9 Å². The lowest BCUT2D eigenvalue weighted by atomic mass is 10.2. The largest absolute Gasteiger partial charge is 0.360 e. The maximum absolute atomic E-state index is 3.35. The fourth-order valence-corrected chi connectivity index (χ4v) is 3.33. The van der Waals surface area contributed by atoms with Gasteiger partial charge in [-0.3, -0.25) is 0 Å². The summed E-state index contributed by atoms with van der Waals surface area (Å²) in [6.07, 6.45) is 6.37. The molecule has 0 amide bonds. The number of aromatic nitrogens is 1. The minimum atomic E-state index is -0.202. The van der Waals surface area contributed by atoms with Gasteiger partial charge in [-0.05, 0) is 22.4 Å². The van der Waals surface area contributed by atoms with Crippen molar-refractivity contribution in [3.8, 4) is 11.3 Å². The summed E-state index contributed by atoms with van der Waals surface area (Å²) in [7, 11) is -0.202. The van der Waals surface area contributed by atoms with Gasteiger partial charge in [0.25, 0.3) is 0 Å². The Bertz CT molecular complexity index is 525. The van der Waals surface area contributed by atoms with Gasteiger partial charge in [0.2, 0.25) is 0 Å². The molecule has 2 heterocycles. The van der Waals surface area contributed by atoms with E-state index in [1.54, 1.807) is 0 Å². The predicted octanol–water partition coefficient (Wildman–Crippen LogP) is 4.08. The summed E-state index contributed by atoms with van der Waals surface area (Å²) >= 11 is 0. The molecule has 0 spiro atoms. The van der Waals surface area contributed by atoms with Crippen molar-refractivity contribution < 1.29 is 0 Å². The molecule has 1 aliphatic heterocycles. The number of allylic oxidation sites excluding steroid dienone is 2. The third-order valence-corrected chi connectivity index (χ3v) is 4.50. The van der Waals surface area contributed by atoms with Gasteiger partial charge < -0.3 is 4.98 Å². The number of benzene rings is 1. The summed E-state index contributed by atoms with van der Waals surface area (Å²) in [4.78, 5) is 4.74. The normalized spacial score (nSPS) is 15.9. The maximum Gasteiger partial charge on any atom is 0.0465 e. The molecule has 2 aromatic rings. The zero-order valence-corrected chi connectivity index (χ0v) is 9.69. The highest BCUT2D eigenvalue weighted by molar-refractivity contribution is 8.22. The third-order valence-electron chi connectivity index (χ3n) is 2.66. The zero-order valence-electron chi connectivity index (χ0n) is 8.80. The van der Waals surface area contributed by atoms with Crippen molar-refractivity contribution in [2.75, 3.05) is 0 Å². The smallest absolute Gasteiger partial charge is 0.0465 e. The Morgan fingerprint density at radius 2 is 1.69 bits per heavy atom. The summed E-state index contributed by atoms with van der Waals surface area (Å²) in [5.74, 6) is 0. The second-order valence-corrected chi connectivity index (χ2v) is 5.66. The fraction of sp³-hybridized carbons (Fsp3) is 0. The molecule has 1 nitrogen and oxygen atoms in total. The van der Waals surface area contributed by atoms with Crippen LogP contribution in [0.4, 0.5) is 0 Å². The minimum absolute atomic E-state index is 0.202. The van der Waals surface area contributed by atoms with E-state index >= 15 is 0 Å². The summed E-state index contributed by atoms with van der Waals surface area (Å²) in [5.41, 5.74) is 2.45. The van der Waals surface area contributed by atoms with E-state index in [4.69, 9.17) is 0 Å². The third kappa shape index (κ3) is 1.72. The molecule has 16 heavy (non-hydrogen) atoms. The summed E-state index contributed by atoms with van der Waals surface area (Å²) in [6.45, 7) is 0. The fourth-order valence-electron chi connectivity index (χ4n) is 1.82. The van der Waals surface area contributed by atoms with E-state index in [2.05, 4.69) is 64.5 Å². The van der Waals surface area contributed by atoms with Crippen molar-refractivity contribution in [1.82, 2.24) is 4.98 Å². The zero-order chi connectivity index (χ0) is 10.8. The van der Waals surface area contributed by atoms with Gasteiger partial charge in [0.15, 0.2) is 0 Å². The number of H-pyrrole nitrogens is 1. The first kappa shape index (κ1) is 9.55. The first-order valence-corrected chi connectivity index (χ1v) is 6.79. The molecule has 1 aliphatic rings. The molecule has 80 valence electrons. The first-order valence-electron chi connectivity index (χ1n) is 5.31. The highest BCUT2D eigenvalue weighted by Crippen LogP contribution is 2.43. The van der Waals surface area contributed by atoms with Crippen molar-refractivity contribution >= 4 is 10.9 Å². The van der Waals surface area contributed by atoms with Gasteiger partial charge in [0, 0.05) is 16.8 Å². The molecule has 0 unspecified atom stereocenters. The van der Waals surface area contributed by atoms with Crippen LogP contribution < -0.4 is 0 Å². The molecular formula is C14H13NS. The molecular weight excluding hydrogens is 214 g/mol. The molecule has 0 radical (unpaired) electrons. The van der Waals surface area contributed by atoms with Gasteiger partial charge in [-0.15, -0.1) is 0 Å². The number of thiol groups is 1. The van der Waals surface area contributed by atoms with Crippen LogP contribution in [0, 0.1) is 0 Å². The molecule has 0 bridgehead atoms. The van der Waals surface area contributed by atoms with Crippen molar-refractivity contribution in [2.24, 2.45) is 0 Å². The highest BCUT2D eigenvalue weighted by atomic mass is 32.2. The lowest BCUT2D eigenvalue weighted by Gasteiger charge is -2.05. The maximum atomic E-state index is 3.35. The number of hydrogen-bond donors (Lipinski definition) is 2. The summed E-state index contributed by atoms with van der Waals surface area (Å²) in [5, 5.41) is 4.54. The van der Waals surface area contributed by atoms with E-state index in [9.17, 15) is 0 Å². The van der Waals surface area contributed by atoms with Gasteiger partial charge >= 0.3 is 0 Å².